The average molecular weight is 533 g/mol. The average Bonchev–Trinajstić information content (AvgIpc) is 2.78. The molecule has 1 unspecified atom stereocenters. The molecule has 0 aliphatic carbocycles. The predicted molar refractivity (Wildman–Crippen MR) is 139 cm³/mol. The van der Waals surface area contributed by atoms with Gasteiger partial charge in [-0.1, -0.05) is 20.8 Å². The van der Waals surface area contributed by atoms with E-state index in [1.165, 1.54) is 0 Å². The summed E-state index contributed by atoms with van der Waals surface area (Å²) in [5, 5.41) is 15.0. The highest BCUT2D eigenvalue weighted by atomic mass is 16.5. The van der Waals surface area contributed by atoms with E-state index in [1.54, 1.807) is 0 Å². The van der Waals surface area contributed by atoms with E-state index in [2.05, 4.69) is 10.6 Å². The fraction of sp³-hybridized carbons (Fsp3) is 0.846. The van der Waals surface area contributed by atoms with Crippen LogP contribution >= 0.6 is 0 Å². The van der Waals surface area contributed by atoms with E-state index < -0.39 is 17.4 Å². The summed E-state index contributed by atoms with van der Waals surface area (Å²) < 4.78 is 21.3. The smallest absolute Gasteiger partial charge is 0.320 e. The highest BCUT2D eigenvalue weighted by molar-refractivity contribution is 5.84. The molecule has 11 nitrogen and oxygen atoms in total. The summed E-state index contributed by atoms with van der Waals surface area (Å²) in [6, 6.07) is -0.752. The molecule has 0 aromatic rings. The molecule has 0 heterocycles. The van der Waals surface area contributed by atoms with Gasteiger partial charge in [0, 0.05) is 36.9 Å². The third-order valence-corrected chi connectivity index (χ3v) is 4.98. The molecule has 216 valence electrons. The van der Waals surface area contributed by atoms with Gasteiger partial charge in [0.1, 0.15) is 25.0 Å². The Balaban J connectivity index is 3.59. The van der Waals surface area contributed by atoms with Gasteiger partial charge >= 0.3 is 5.97 Å². The maximum atomic E-state index is 12.0. The zero-order valence-corrected chi connectivity index (χ0v) is 23.5. The number of carboxylic acids is 1. The van der Waals surface area contributed by atoms with Gasteiger partial charge in [0.05, 0.1) is 33.0 Å². The Morgan fingerprint density at radius 2 is 1.32 bits per heavy atom. The number of ether oxygens (including phenoxy) is 4. The molecule has 0 aliphatic rings. The van der Waals surface area contributed by atoms with E-state index in [4.69, 9.17) is 18.9 Å². The highest BCUT2D eigenvalue weighted by Crippen LogP contribution is 2.14. The normalized spacial score (nSPS) is 12.8. The van der Waals surface area contributed by atoms with Gasteiger partial charge in [-0.3, -0.25) is 24.5 Å². The molecular weight excluding hydrogens is 484 g/mol. The van der Waals surface area contributed by atoms with Gasteiger partial charge in [-0.15, -0.1) is 0 Å². The SMILES string of the molecule is CC(C)(C)NC(CCC(=O)CCCOCCOCC(=O)NCCOCCOCC(=O)C(C)(C)C)C(=O)O. The van der Waals surface area contributed by atoms with Crippen LogP contribution in [0.3, 0.4) is 0 Å². The van der Waals surface area contributed by atoms with Crippen LogP contribution in [0.25, 0.3) is 0 Å². The molecule has 0 saturated heterocycles. The summed E-state index contributed by atoms with van der Waals surface area (Å²) in [5.74, 6) is -1.18. The Morgan fingerprint density at radius 3 is 1.89 bits per heavy atom. The number of Topliss-reactive ketones (excluding diaryl/α,β-unsaturated/α-hetero) is 2. The van der Waals surface area contributed by atoms with Crippen molar-refractivity contribution in [3.8, 4) is 0 Å². The standard InChI is InChI=1S/C26H48N2O9/c1-25(2,3)22(30)18-36-16-15-35-13-11-27-23(31)19-37-17-14-34-12-7-8-20(29)9-10-21(24(32)33)28-26(4,5)6/h21,28H,7-19H2,1-6H3,(H,27,31)(H,32,33). The molecule has 1 amide bonds. The van der Waals surface area contributed by atoms with Gasteiger partial charge in [-0.05, 0) is 33.6 Å². The highest BCUT2D eigenvalue weighted by Gasteiger charge is 2.23. The first-order valence-electron chi connectivity index (χ1n) is 12.9. The predicted octanol–water partition coefficient (Wildman–Crippen LogP) is 1.76. The van der Waals surface area contributed by atoms with Gasteiger partial charge < -0.3 is 29.4 Å². The van der Waals surface area contributed by atoms with Crippen LogP contribution in [0.1, 0.15) is 67.2 Å². The summed E-state index contributed by atoms with van der Waals surface area (Å²) in [6.45, 7) is 13.4. The summed E-state index contributed by atoms with van der Waals surface area (Å²) in [4.78, 5) is 46.7. The number of carbonyl (C=O) groups is 4. The number of aliphatic carboxylic acids is 1. The van der Waals surface area contributed by atoms with Gasteiger partial charge in [0.25, 0.3) is 0 Å². The molecule has 11 heteroatoms. The van der Waals surface area contributed by atoms with Crippen molar-refractivity contribution in [1.29, 1.82) is 0 Å². The van der Waals surface area contributed by atoms with E-state index in [0.717, 1.165) is 0 Å². The Hall–Kier alpha value is -1.92. The lowest BCUT2D eigenvalue weighted by molar-refractivity contribution is -0.140. The number of amides is 1. The Morgan fingerprint density at radius 1 is 0.757 bits per heavy atom. The van der Waals surface area contributed by atoms with Crippen molar-refractivity contribution in [2.75, 3.05) is 59.4 Å². The number of rotatable bonds is 22. The second-order valence-corrected chi connectivity index (χ2v) is 10.8. The van der Waals surface area contributed by atoms with E-state index in [9.17, 15) is 24.3 Å². The molecule has 37 heavy (non-hydrogen) atoms. The zero-order valence-electron chi connectivity index (χ0n) is 23.5. The van der Waals surface area contributed by atoms with Crippen LogP contribution in [0.5, 0.6) is 0 Å². The maximum absolute atomic E-state index is 12.0. The molecule has 0 radical (unpaired) electrons. The van der Waals surface area contributed by atoms with E-state index in [0.29, 0.717) is 52.4 Å². The van der Waals surface area contributed by atoms with Gasteiger partial charge in [0.15, 0.2) is 5.78 Å². The Labute approximate surface area is 221 Å². The van der Waals surface area contributed by atoms with Crippen LogP contribution in [0, 0.1) is 5.41 Å². The summed E-state index contributed by atoms with van der Waals surface area (Å²) in [7, 11) is 0. The first-order chi connectivity index (χ1) is 17.2. The van der Waals surface area contributed by atoms with E-state index in [-0.39, 0.29) is 55.7 Å². The monoisotopic (exact) mass is 532 g/mol. The second kappa shape index (κ2) is 19.2. The Bertz CT molecular complexity index is 685. The summed E-state index contributed by atoms with van der Waals surface area (Å²) in [5.41, 5.74) is -0.761. The van der Waals surface area contributed by atoms with E-state index >= 15 is 0 Å². The van der Waals surface area contributed by atoms with Gasteiger partial charge in [0.2, 0.25) is 5.91 Å². The minimum Gasteiger partial charge on any atom is -0.480 e. The fourth-order valence-electron chi connectivity index (χ4n) is 2.88. The lowest BCUT2D eigenvalue weighted by atomic mass is 9.91. The minimum atomic E-state index is -0.958. The number of carboxylic acid groups (broad SMARTS) is 1. The topological polar surface area (TPSA) is 149 Å². The second-order valence-electron chi connectivity index (χ2n) is 10.8. The van der Waals surface area contributed by atoms with Crippen LogP contribution in [-0.2, 0) is 38.1 Å². The number of ketones is 2. The van der Waals surface area contributed by atoms with Crippen molar-refractivity contribution in [1.82, 2.24) is 10.6 Å². The van der Waals surface area contributed by atoms with Crippen LogP contribution < -0.4 is 10.6 Å². The quantitative estimate of drug-likeness (QED) is 0.176. The van der Waals surface area contributed by atoms with Crippen molar-refractivity contribution in [3.05, 3.63) is 0 Å². The summed E-state index contributed by atoms with van der Waals surface area (Å²) >= 11 is 0. The lowest BCUT2D eigenvalue weighted by Gasteiger charge is -2.25. The fourth-order valence-corrected chi connectivity index (χ4v) is 2.88. The molecule has 0 aromatic heterocycles. The number of hydrogen-bond donors (Lipinski definition) is 3. The van der Waals surface area contributed by atoms with Crippen molar-refractivity contribution >= 4 is 23.4 Å². The van der Waals surface area contributed by atoms with Crippen molar-refractivity contribution in [3.63, 3.8) is 0 Å². The minimum absolute atomic E-state index is 0.00521. The molecule has 0 bridgehead atoms. The molecule has 0 spiro atoms. The van der Waals surface area contributed by atoms with Gasteiger partial charge in [-0.2, -0.15) is 0 Å². The Kier molecular flexibility index (Phi) is 18.2. The molecule has 0 aliphatic heterocycles. The van der Waals surface area contributed by atoms with Crippen LogP contribution in [-0.4, -0.2) is 99.5 Å². The van der Waals surface area contributed by atoms with E-state index in [1.807, 2.05) is 41.5 Å². The van der Waals surface area contributed by atoms with Crippen LogP contribution in [0.4, 0.5) is 0 Å². The maximum Gasteiger partial charge on any atom is 0.320 e. The third-order valence-electron chi connectivity index (χ3n) is 4.98. The van der Waals surface area contributed by atoms with Crippen molar-refractivity contribution in [2.24, 2.45) is 5.41 Å². The van der Waals surface area contributed by atoms with Crippen LogP contribution in [0.15, 0.2) is 0 Å². The van der Waals surface area contributed by atoms with Crippen molar-refractivity contribution < 1.29 is 43.2 Å². The van der Waals surface area contributed by atoms with Gasteiger partial charge in [-0.25, -0.2) is 0 Å². The third kappa shape index (κ3) is 21.8. The molecule has 1 atom stereocenters. The molecular formula is C26H48N2O9. The lowest BCUT2D eigenvalue weighted by Crippen LogP contribution is -2.47. The zero-order chi connectivity index (χ0) is 28.3. The van der Waals surface area contributed by atoms with Crippen molar-refractivity contribution in [2.45, 2.75) is 78.8 Å². The molecule has 0 fully saturated rings. The molecule has 3 N–H and O–H groups in total. The molecule has 0 rings (SSSR count). The largest absolute Gasteiger partial charge is 0.480 e. The number of nitrogens with one attached hydrogen (secondary N) is 2. The molecule has 0 saturated carbocycles. The first-order valence-corrected chi connectivity index (χ1v) is 12.9. The number of hydrogen-bond acceptors (Lipinski definition) is 9. The first kappa shape index (κ1) is 35.1. The summed E-state index contributed by atoms with van der Waals surface area (Å²) in [6.07, 6.45) is 1.33. The number of carbonyl (C=O) groups excluding carboxylic acids is 3. The van der Waals surface area contributed by atoms with Crippen LogP contribution in [0.2, 0.25) is 0 Å². The molecule has 0 aromatic carbocycles.